The number of aryl methyl sites for hydroxylation is 1. The average molecular weight is 269 g/mol. The van der Waals surface area contributed by atoms with Gasteiger partial charge < -0.3 is 14.6 Å². The third-order valence-electron chi connectivity index (χ3n) is 3.93. The van der Waals surface area contributed by atoms with Gasteiger partial charge in [-0.15, -0.1) is 11.3 Å². The Morgan fingerprint density at radius 2 is 1.94 bits per heavy atom. The summed E-state index contributed by atoms with van der Waals surface area (Å²) < 4.78 is 11.4. The molecule has 0 radical (unpaired) electrons. The zero-order valence-corrected chi connectivity index (χ0v) is 11.5. The van der Waals surface area contributed by atoms with Crippen LogP contribution in [0, 0.1) is 6.92 Å². The molecule has 2 fully saturated rings. The molecular weight excluding hydrogens is 250 g/mol. The van der Waals surface area contributed by atoms with Crippen LogP contribution in [-0.4, -0.2) is 34.7 Å². The Bertz CT molecular complexity index is 416. The predicted octanol–water partition coefficient (Wildman–Crippen LogP) is 2.04. The Kier molecular flexibility index (Phi) is 3.18. The molecule has 100 valence electrons. The normalized spacial score (nSPS) is 25.7. The van der Waals surface area contributed by atoms with Gasteiger partial charge >= 0.3 is 0 Å². The van der Waals surface area contributed by atoms with E-state index in [2.05, 4.69) is 4.98 Å². The van der Waals surface area contributed by atoms with Crippen LogP contribution in [0.3, 0.4) is 0 Å². The lowest BCUT2D eigenvalue weighted by Gasteiger charge is -2.40. The van der Waals surface area contributed by atoms with Crippen LogP contribution in [0.2, 0.25) is 0 Å². The van der Waals surface area contributed by atoms with Crippen LogP contribution in [-0.2, 0) is 15.9 Å². The first kappa shape index (κ1) is 12.5. The molecule has 1 spiro atoms. The summed E-state index contributed by atoms with van der Waals surface area (Å²) >= 11 is 1.64. The lowest BCUT2D eigenvalue weighted by atomic mass is 9.79. The fraction of sp³-hybridized carbons (Fsp3) is 0.769. The van der Waals surface area contributed by atoms with Gasteiger partial charge in [-0.1, -0.05) is 0 Å². The summed E-state index contributed by atoms with van der Waals surface area (Å²) in [6.07, 6.45) is 3.67. The van der Waals surface area contributed by atoms with Crippen molar-refractivity contribution < 1.29 is 14.6 Å². The molecule has 1 saturated carbocycles. The molecule has 1 N–H and O–H groups in total. The van der Waals surface area contributed by atoms with E-state index in [4.69, 9.17) is 9.47 Å². The van der Waals surface area contributed by atoms with Crippen molar-refractivity contribution >= 4 is 11.3 Å². The molecular formula is C13H19NO3S. The maximum absolute atomic E-state index is 10.6. The summed E-state index contributed by atoms with van der Waals surface area (Å²) in [6, 6.07) is 0. The molecule has 1 saturated heterocycles. The van der Waals surface area contributed by atoms with Crippen LogP contribution in [0.1, 0.15) is 36.4 Å². The zero-order chi connectivity index (χ0) is 12.6. The summed E-state index contributed by atoms with van der Waals surface area (Å²) in [5.41, 5.74) is 0.366. The standard InChI is InChI=1S/C13H19NO3S/c1-10-14-11(9-18-10)8-12(15)2-4-13(5-3-12)16-6-7-17-13/h9,15H,2-8H2,1H3. The lowest BCUT2D eigenvalue weighted by Crippen LogP contribution is -2.44. The highest BCUT2D eigenvalue weighted by Crippen LogP contribution is 2.41. The number of aromatic nitrogens is 1. The number of thiazole rings is 1. The summed E-state index contributed by atoms with van der Waals surface area (Å²) in [5, 5.41) is 13.7. The first-order valence-electron chi connectivity index (χ1n) is 6.51. The van der Waals surface area contributed by atoms with E-state index in [-0.39, 0.29) is 0 Å². The van der Waals surface area contributed by atoms with E-state index in [1.807, 2.05) is 12.3 Å². The van der Waals surface area contributed by atoms with Crippen molar-refractivity contribution in [2.75, 3.05) is 13.2 Å². The number of hydrogen-bond donors (Lipinski definition) is 1. The van der Waals surface area contributed by atoms with Gasteiger partial charge in [-0.3, -0.25) is 0 Å². The van der Waals surface area contributed by atoms with Gasteiger partial charge in [-0.25, -0.2) is 4.98 Å². The van der Waals surface area contributed by atoms with Gasteiger partial charge in [0.2, 0.25) is 0 Å². The topological polar surface area (TPSA) is 51.6 Å². The minimum Gasteiger partial charge on any atom is -0.389 e. The molecule has 0 aromatic carbocycles. The Hall–Kier alpha value is -0.490. The molecule has 1 aromatic rings. The van der Waals surface area contributed by atoms with Crippen LogP contribution in [0.15, 0.2) is 5.38 Å². The minimum atomic E-state index is -0.638. The number of hydrogen-bond acceptors (Lipinski definition) is 5. The first-order chi connectivity index (χ1) is 8.59. The Labute approximate surface area is 111 Å². The van der Waals surface area contributed by atoms with E-state index in [9.17, 15) is 5.11 Å². The van der Waals surface area contributed by atoms with Gasteiger partial charge in [0.05, 0.1) is 29.5 Å². The third kappa shape index (κ3) is 2.45. The third-order valence-corrected chi connectivity index (χ3v) is 4.76. The fourth-order valence-corrected chi connectivity index (χ4v) is 3.50. The molecule has 2 aliphatic rings. The minimum absolute atomic E-state index is 0.399. The van der Waals surface area contributed by atoms with Gasteiger partial charge in [0.25, 0.3) is 0 Å². The van der Waals surface area contributed by atoms with Gasteiger partial charge in [0.15, 0.2) is 5.79 Å². The van der Waals surface area contributed by atoms with E-state index < -0.39 is 11.4 Å². The summed E-state index contributed by atoms with van der Waals surface area (Å²) in [4.78, 5) is 4.44. The van der Waals surface area contributed by atoms with Crippen molar-refractivity contribution in [2.24, 2.45) is 0 Å². The summed E-state index contributed by atoms with van der Waals surface area (Å²) in [6.45, 7) is 3.36. The first-order valence-corrected chi connectivity index (χ1v) is 7.39. The molecule has 0 bridgehead atoms. The van der Waals surface area contributed by atoms with Crippen LogP contribution in [0.25, 0.3) is 0 Å². The van der Waals surface area contributed by atoms with E-state index in [0.29, 0.717) is 19.6 Å². The highest BCUT2D eigenvalue weighted by Gasteiger charge is 2.45. The zero-order valence-electron chi connectivity index (χ0n) is 10.6. The van der Waals surface area contributed by atoms with E-state index in [0.717, 1.165) is 36.4 Å². The number of ether oxygens (including phenoxy) is 2. The lowest BCUT2D eigenvalue weighted by molar-refractivity contribution is -0.202. The predicted molar refractivity (Wildman–Crippen MR) is 68.6 cm³/mol. The van der Waals surface area contributed by atoms with E-state index in [1.165, 1.54) is 0 Å². The molecule has 1 aliphatic carbocycles. The molecule has 1 aromatic heterocycles. The SMILES string of the molecule is Cc1nc(CC2(O)CCC3(CC2)OCCO3)cs1. The fourth-order valence-electron chi connectivity index (χ4n) is 2.89. The molecule has 3 rings (SSSR count). The van der Waals surface area contributed by atoms with Crippen molar-refractivity contribution in [1.29, 1.82) is 0 Å². The highest BCUT2D eigenvalue weighted by molar-refractivity contribution is 7.09. The Morgan fingerprint density at radius 3 is 2.50 bits per heavy atom. The summed E-state index contributed by atoms with van der Waals surface area (Å²) in [5.74, 6) is -0.399. The maximum Gasteiger partial charge on any atom is 0.168 e. The van der Waals surface area contributed by atoms with Gasteiger partial charge in [-0.2, -0.15) is 0 Å². The number of rotatable bonds is 2. The number of aliphatic hydroxyl groups is 1. The van der Waals surface area contributed by atoms with Crippen molar-refractivity contribution in [3.8, 4) is 0 Å². The molecule has 0 atom stereocenters. The van der Waals surface area contributed by atoms with Crippen LogP contribution in [0.5, 0.6) is 0 Å². The van der Waals surface area contributed by atoms with Gasteiger partial charge in [0, 0.05) is 24.6 Å². The van der Waals surface area contributed by atoms with Crippen LogP contribution >= 0.6 is 11.3 Å². The van der Waals surface area contributed by atoms with E-state index >= 15 is 0 Å². The monoisotopic (exact) mass is 269 g/mol. The van der Waals surface area contributed by atoms with E-state index in [1.54, 1.807) is 11.3 Å². The molecule has 2 heterocycles. The molecule has 4 nitrogen and oxygen atoms in total. The average Bonchev–Trinajstić information content (AvgIpc) is 2.94. The largest absolute Gasteiger partial charge is 0.389 e. The molecule has 0 amide bonds. The van der Waals surface area contributed by atoms with Crippen molar-refractivity contribution in [3.05, 3.63) is 16.1 Å². The number of nitrogens with zero attached hydrogens (tertiary/aromatic N) is 1. The Balaban J connectivity index is 1.63. The van der Waals surface area contributed by atoms with Crippen molar-refractivity contribution in [1.82, 2.24) is 4.98 Å². The smallest absolute Gasteiger partial charge is 0.168 e. The van der Waals surface area contributed by atoms with Crippen molar-refractivity contribution in [3.63, 3.8) is 0 Å². The van der Waals surface area contributed by atoms with Crippen LogP contribution in [0.4, 0.5) is 0 Å². The van der Waals surface area contributed by atoms with Crippen LogP contribution < -0.4 is 0 Å². The quantitative estimate of drug-likeness (QED) is 0.892. The second-order valence-electron chi connectivity index (χ2n) is 5.37. The molecule has 5 heteroatoms. The van der Waals surface area contributed by atoms with Gasteiger partial charge in [0.1, 0.15) is 0 Å². The second-order valence-corrected chi connectivity index (χ2v) is 6.43. The highest BCUT2D eigenvalue weighted by atomic mass is 32.1. The van der Waals surface area contributed by atoms with Crippen molar-refractivity contribution in [2.45, 2.75) is 50.4 Å². The molecule has 1 aliphatic heterocycles. The van der Waals surface area contributed by atoms with Gasteiger partial charge in [-0.05, 0) is 19.8 Å². The second kappa shape index (κ2) is 4.56. The molecule has 0 unspecified atom stereocenters. The maximum atomic E-state index is 10.6. The molecule has 18 heavy (non-hydrogen) atoms. The summed E-state index contributed by atoms with van der Waals surface area (Å²) in [7, 11) is 0. The Morgan fingerprint density at radius 1 is 1.28 bits per heavy atom.